The number of aryl methyl sites for hydroxylation is 1. The molecule has 0 fully saturated rings. The zero-order chi connectivity index (χ0) is 13.0. The minimum Gasteiger partial charge on any atom is -0.400 e. The number of hydrogen-bond acceptors (Lipinski definition) is 4. The lowest BCUT2D eigenvalue weighted by Gasteiger charge is -2.16. The highest BCUT2D eigenvalue weighted by atomic mass is 16.2. The van der Waals surface area contributed by atoms with Gasteiger partial charge in [-0.15, -0.1) is 0 Å². The van der Waals surface area contributed by atoms with Crippen LogP contribution in [0.2, 0.25) is 0 Å². The fraction of sp³-hybridized carbons (Fsp3) is 0.286. The molecule has 1 aliphatic heterocycles. The van der Waals surface area contributed by atoms with E-state index in [4.69, 9.17) is 5.11 Å². The first kappa shape index (κ1) is 12.5. The molecule has 0 radical (unpaired) electrons. The van der Waals surface area contributed by atoms with E-state index in [-0.39, 0.29) is 0 Å². The van der Waals surface area contributed by atoms with Crippen LogP contribution in [0.1, 0.15) is 11.1 Å². The van der Waals surface area contributed by atoms with Crippen molar-refractivity contribution in [2.75, 3.05) is 18.6 Å². The molecule has 0 aliphatic carbocycles. The van der Waals surface area contributed by atoms with Crippen molar-refractivity contribution in [3.05, 3.63) is 47.8 Å². The number of anilines is 2. The van der Waals surface area contributed by atoms with Crippen LogP contribution in [0, 0.1) is 6.92 Å². The zero-order valence-corrected chi connectivity index (χ0v) is 10.7. The molecule has 0 amide bonds. The minimum atomic E-state index is 0.798. The normalized spacial score (nSPS) is 12.7. The Morgan fingerprint density at radius 3 is 2.56 bits per heavy atom. The number of benzene rings is 1. The van der Waals surface area contributed by atoms with E-state index in [0.29, 0.717) is 0 Å². The van der Waals surface area contributed by atoms with Crippen molar-refractivity contribution in [1.29, 1.82) is 0 Å². The van der Waals surface area contributed by atoms with E-state index in [2.05, 4.69) is 40.0 Å². The third-order valence-electron chi connectivity index (χ3n) is 3.06. The molecule has 4 nitrogen and oxygen atoms in total. The number of hydrogen-bond donors (Lipinski definition) is 1. The Labute approximate surface area is 107 Å². The van der Waals surface area contributed by atoms with Gasteiger partial charge in [0.15, 0.2) is 0 Å². The van der Waals surface area contributed by atoms with E-state index in [0.717, 1.165) is 26.0 Å². The monoisotopic (exact) mass is 243 g/mol. The molecule has 0 spiro atoms. The summed E-state index contributed by atoms with van der Waals surface area (Å²) in [6.45, 7) is 3.14. The van der Waals surface area contributed by atoms with E-state index in [1.165, 1.54) is 16.8 Å². The number of fused-ring (bicyclic) bond motifs is 1. The van der Waals surface area contributed by atoms with Gasteiger partial charge in [0.05, 0.1) is 0 Å². The quantitative estimate of drug-likeness (QED) is 0.833. The highest BCUT2D eigenvalue weighted by molar-refractivity contribution is 5.67. The standard InChI is InChI=1S/C13H13N3.CH4O/c1-10-4-2-5-12-11(10)6-9-16(12)13-14-7-3-8-15-13;1-2/h2-5,7-8H,6,9H2,1H3;2H,1H3. The molecule has 3 rings (SSSR count). The van der Waals surface area contributed by atoms with Crippen molar-refractivity contribution in [3.63, 3.8) is 0 Å². The zero-order valence-electron chi connectivity index (χ0n) is 10.7. The maximum Gasteiger partial charge on any atom is 0.229 e. The SMILES string of the molecule is CO.Cc1cccc2c1CCN2c1ncccn1. The van der Waals surface area contributed by atoms with Crippen LogP contribution in [0.3, 0.4) is 0 Å². The molecule has 1 N–H and O–H groups in total. The third-order valence-corrected chi connectivity index (χ3v) is 3.06. The topological polar surface area (TPSA) is 49.2 Å². The first-order valence-corrected chi connectivity index (χ1v) is 5.94. The molecular weight excluding hydrogens is 226 g/mol. The third kappa shape index (κ3) is 2.19. The molecule has 2 aromatic rings. The van der Waals surface area contributed by atoms with Crippen molar-refractivity contribution in [2.24, 2.45) is 0 Å². The van der Waals surface area contributed by atoms with Crippen molar-refractivity contribution < 1.29 is 5.11 Å². The first-order valence-electron chi connectivity index (χ1n) is 5.94. The van der Waals surface area contributed by atoms with E-state index >= 15 is 0 Å². The van der Waals surface area contributed by atoms with Gasteiger partial charge in [-0.05, 0) is 36.6 Å². The van der Waals surface area contributed by atoms with E-state index in [1.54, 1.807) is 12.4 Å². The van der Waals surface area contributed by atoms with Crippen molar-refractivity contribution >= 4 is 11.6 Å². The highest BCUT2D eigenvalue weighted by Gasteiger charge is 2.22. The van der Waals surface area contributed by atoms with Crippen molar-refractivity contribution in [3.8, 4) is 0 Å². The molecule has 0 saturated heterocycles. The molecule has 0 saturated carbocycles. The molecule has 94 valence electrons. The van der Waals surface area contributed by atoms with Crippen LogP contribution in [0.25, 0.3) is 0 Å². The lowest BCUT2D eigenvalue weighted by atomic mass is 10.1. The number of aromatic nitrogens is 2. The molecule has 0 bridgehead atoms. The van der Waals surface area contributed by atoms with E-state index < -0.39 is 0 Å². The second-order valence-corrected chi connectivity index (χ2v) is 4.02. The summed E-state index contributed by atoms with van der Waals surface area (Å²) in [7, 11) is 1.00. The molecular formula is C14H17N3O. The summed E-state index contributed by atoms with van der Waals surface area (Å²) in [6.07, 6.45) is 4.66. The summed E-state index contributed by atoms with van der Waals surface area (Å²) in [5.74, 6) is 0.798. The minimum absolute atomic E-state index is 0.798. The lowest BCUT2D eigenvalue weighted by Crippen LogP contribution is -2.15. The Kier molecular flexibility index (Phi) is 3.89. The van der Waals surface area contributed by atoms with Gasteiger partial charge in [-0.2, -0.15) is 0 Å². The van der Waals surface area contributed by atoms with E-state index in [9.17, 15) is 0 Å². The fourth-order valence-corrected chi connectivity index (χ4v) is 2.25. The summed E-state index contributed by atoms with van der Waals surface area (Å²) < 4.78 is 0. The average Bonchev–Trinajstić information content (AvgIpc) is 2.87. The van der Waals surface area contributed by atoms with Crippen LogP contribution in [0.5, 0.6) is 0 Å². The van der Waals surface area contributed by atoms with E-state index in [1.807, 2.05) is 6.07 Å². The maximum atomic E-state index is 7.00. The number of nitrogens with zero attached hydrogens (tertiary/aromatic N) is 3. The molecule has 0 atom stereocenters. The van der Waals surface area contributed by atoms with Gasteiger partial charge in [-0.25, -0.2) is 9.97 Å². The van der Waals surface area contributed by atoms with Crippen LogP contribution in [0.15, 0.2) is 36.7 Å². The van der Waals surface area contributed by atoms with Crippen LogP contribution < -0.4 is 4.90 Å². The second-order valence-electron chi connectivity index (χ2n) is 4.02. The van der Waals surface area contributed by atoms with Gasteiger partial charge < -0.3 is 10.0 Å². The summed E-state index contributed by atoms with van der Waals surface area (Å²) >= 11 is 0. The van der Waals surface area contributed by atoms with Gasteiger partial charge in [0.25, 0.3) is 0 Å². The molecule has 1 aromatic carbocycles. The lowest BCUT2D eigenvalue weighted by molar-refractivity contribution is 0.399. The van der Waals surface area contributed by atoms with Crippen LogP contribution in [-0.2, 0) is 6.42 Å². The summed E-state index contributed by atoms with van der Waals surface area (Å²) in [5, 5.41) is 7.00. The van der Waals surface area contributed by atoms with Gasteiger partial charge in [0.1, 0.15) is 0 Å². The molecule has 18 heavy (non-hydrogen) atoms. The van der Waals surface area contributed by atoms with Crippen LogP contribution in [-0.4, -0.2) is 28.7 Å². The second kappa shape index (κ2) is 5.60. The van der Waals surface area contributed by atoms with Gasteiger partial charge >= 0.3 is 0 Å². The Morgan fingerprint density at radius 1 is 1.11 bits per heavy atom. The van der Waals surface area contributed by atoms with Crippen LogP contribution in [0.4, 0.5) is 11.6 Å². The summed E-state index contributed by atoms with van der Waals surface area (Å²) in [5.41, 5.74) is 4.04. The Morgan fingerprint density at radius 2 is 1.83 bits per heavy atom. The molecule has 1 aliphatic rings. The van der Waals surface area contributed by atoms with Gasteiger partial charge in [-0.1, -0.05) is 12.1 Å². The summed E-state index contributed by atoms with van der Waals surface area (Å²) in [6, 6.07) is 8.24. The fourth-order valence-electron chi connectivity index (χ4n) is 2.25. The van der Waals surface area contributed by atoms with Gasteiger partial charge in [0.2, 0.25) is 5.95 Å². The predicted molar refractivity (Wildman–Crippen MR) is 72.1 cm³/mol. The summed E-state index contributed by atoms with van der Waals surface area (Å²) in [4.78, 5) is 10.8. The van der Waals surface area contributed by atoms with Crippen LogP contribution >= 0.6 is 0 Å². The smallest absolute Gasteiger partial charge is 0.229 e. The Hall–Kier alpha value is -1.94. The largest absolute Gasteiger partial charge is 0.400 e. The average molecular weight is 243 g/mol. The van der Waals surface area contributed by atoms with Gasteiger partial charge in [0, 0.05) is 31.7 Å². The number of aliphatic hydroxyl groups is 1. The highest BCUT2D eigenvalue weighted by Crippen LogP contribution is 2.33. The van der Waals surface area contributed by atoms with Crippen molar-refractivity contribution in [2.45, 2.75) is 13.3 Å². The van der Waals surface area contributed by atoms with Crippen molar-refractivity contribution in [1.82, 2.24) is 9.97 Å². The molecule has 2 heterocycles. The molecule has 1 aromatic heterocycles. The molecule has 4 heteroatoms. The number of rotatable bonds is 1. The Balaban J connectivity index is 0.000000574. The van der Waals surface area contributed by atoms with Gasteiger partial charge in [-0.3, -0.25) is 0 Å². The Bertz CT molecular complexity index is 514. The first-order chi connectivity index (χ1) is 8.86. The predicted octanol–water partition coefficient (Wildman–Crippen LogP) is 2.09. The number of aliphatic hydroxyl groups excluding tert-OH is 1. The maximum absolute atomic E-state index is 7.00. The molecule has 0 unspecified atom stereocenters.